The third-order valence-corrected chi connectivity index (χ3v) is 10.9. The molecule has 8 heteroatoms. The number of carbonyl (C=O) groups is 1. The molecule has 0 radical (unpaired) electrons. The molecule has 3 aliphatic carbocycles. The molecule has 3 fully saturated rings. The van der Waals surface area contributed by atoms with E-state index >= 15 is 0 Å². The number of thiol groups is 1. The summed E-state index contributed by atoms with van der Waals surface area (Å²) in [4.78, 5) is 17.1. The van der Waals surface area contributed by atoms with Gasteiger partial charge < -0.3 is 30.0 Å². The van der Waals surface area contributed by atoms with Gasteiger partial charge in [0.05, 0.1) is 18.1 Å². The molecule has 1 unspecified atom stereocenters. The summed E-state index contributed by atoms with van der Waals surface area (Å²) in [6.07, 6.45) is 3.06. The first-order chi connectivity index (χ1) is 17.4. The van der Waals surface area contributed by atoms with Crippen LogP contribution in [0.3, 0.4) is 0 Å². The number of hydrogen-bond acceptors (Lipinski definition) is 7. The molecule has 2 aliphatic heterocycles. The van der Waals surface area contributed by atoms with Gasteiger partial charge in [0.2, 0.25) is 0 Å². The number of benzene rings is 1. The van der Waals surface area contributed by atoms with Crippen LogP contribution in [0.25, 0.3) is 10.9 Å². The molecule has 1 aromatic heterocycles. The van der Waals surface area contributed by atoms with Gasteiger partial charge in [0.1, 0.15) is 11.2 Å². The van der Waals surface area contributed by atoms with Crippen LogP contribution in [0.4, 0.5) is 0 Å². The third-order valence-electron chi connectivity index (χ3n) is 10.7. The van der Waals surface area contributed by atoms with Crippen molar-refractivity contribution >= 4 is 29.3 Å². The van der Waals surface area contributed by atoms with Gasteiger partial charge in [-0.15, -0.1) is 0 Å². The van der Waals surface area contributed by atoms with Crippen LogP contribution < -0.4 is 5.73 Å². The van der Waals surface area contributed by atoms with Crippen LogP contribution in [-0.2, 0) is 30.8 Å². The van der Waals surface area contributed by atoms with E-state index in [1.54, 1.807) is 6.08 Å². The molecular weight excluding hydrogens is 488 g/mol. The largest absolute Gasteiger partial charge is 0.382 e. The minimum Gasteiger partial charge on any atom is -0.382 e. The lowest BCUT2D eigenvalue weighted by molar-refractivity contribution is -0.280. The summed E-state index contributed by atoms with van der Waals surface area (Å²) in [7, 11) is 0. The molecule has 37 heavy (non-hydrogen) atoms. The Morgan fingerprint density at radius 3 is 2.76 bits per heavy atom. The second-order valence-corrected chi connectivity index (χ2v) is 13.4. The van der Waals surface area contributed by atoms with Crippen LogP contribution in [0.1, 0.15) is 58.2 Å². The number of nitrogens with two attached hydrogens (primary N) is 1. The normalized spacial score (nSPS) is 44.1. The molecule has 198 valence electrons. The van der Waals surface area contributed by atoms with E-state index in [1.807, 2.05) is 19.9 Å². The number of rotatable bonds is 3. The van der Waals surface area contributed by atoms with Gasteiger partial charge in [0.15, 0.2) is 17.7 Å². The van der Waals surface area contributed by atoms with Crippen molar-refractivity contribution in [2.24, 2.45) is 17.1 Å². The van der Waals surface area contributed by atoms with Crippen molar-refractivity contribution in [2.45, 2.75) is 93.4 Å². The molecule has 4 N–H and O–H groups in total. The molecule has 2 bridgehead atoms. The Labute approximate surface area is 222 Å². The van der Waals surface area contributed by atoms with E-state index in [2.05, 4.69) is 49.7 Å². The van der Waals surface area contributed by atoms with Crippen molar-refractivity contribution in [1.82, 2.24) is 4.98 Å². The Morgan fingerprint density at radius 1 is 1.24 bits per heavy atom. The van der Waals surface area contributed by atoms with Crippen molar-refractivity contribution in [2.75, 3.05) is 6.61 Å². The molecule has 5 aliphatic rings. The first kappa shape index (κ1) is 24.4. The molecule has 0 amide bonds. The molecule has 8 atom stereocenters. The Hall–Kier alpha value is -1.68. The summed E-state index contributed by atoms with van der Waals surface area (Å²) < 4.78 is 19.4. The fourth-order valence-corrected chi connectivity index (χ4v) is 8.89. The lowest BCUT2D eigenvalue weighted by atomic mass is 9.41. The van der Waals surface area contributed by atoms with E-state index in [9.17, 15) is 9.90 Å². The van der Waals surface area contributed by atoms with Crippen LogP contribution in [-0.4, -0.2) is 57.1 Å². The number of aromatic amines is 1. The van der Waals surface area contributed by atoms with E-state index in [0.717, 1.165) is 11.9 Å². The van der Waals surface area contributed by atoms with E-state index < -0.39 is 45.4 Å². The van der Waals surface area contributed by atoms with Crippen molar-refractivity contribution in [3.63, 3.8) is 0 Å². The van der Waals surface area contributed by atoms with Crippen LogP contribution in [0, 0.1) is 11.3 Å². The highest BCUT2D eigenvalue weighted by atomic mass is 32.1. The van der Waals surface area contributed by atoms with Crippen molar-refractivity contribution < 1.29 is 24.1 Å². The highest BCUT2D eigenvalue weighted by molar-refractivity contribution is 7.80. The minimum atomic E-state index is -1.51. The fourth-order valence-electron chi connectivity index (χ4n) is 8.80. The van der Waals surface area contributed by atoms with Crippen LogP contribution in [0.2, 0.25) is 0 Å². The number of hydrogen-bond donors (Lipinski definition) is 4. The van der Waals surface area contributed by atoms with Crippen molar-refractivity contribution in [3.05, 3.63) is 47.2 Å². The Kier molecular flexibility index (Phi) is 4.80. The predicted octanol–water partition coefficient (Wildman–Crippen LogP) is 3.53. The zero-order valence-electron chi connectivity index (χ0n) is 21.8. The molecule has 1 spiro atoms. The van der Waals surface area contributed by atoms with Gasteiger partial charge in [-0.25, -0.2) is 0 Å². The molecule has 1 saturated heterocycles. The van der Waals surface area contributed by atoms with Crippen LogP contribution in [0.15, 0.2) is 35.9 Å². The quantitative estimate of drug-likeness (QED) is 0.362. The van der Waals surface area contributed by atoms with E-state index in [0.29, 0.717) is 24.8 Å². The monoisotopic (exact) mass is 524 g/mol. The van der Waals surface area contributed by atoms with Gasteiger partial charge in [0, 0.05) is 39.4 Å². The van der Waals surface area contributed by atoms with Gasteiger partial charge in [-0.2, -0.15) is 12.6 Å². The van der Waals surface area contributed by atoms with Gasteiger partial charge in [-0.05, 0) is 56.7 Å². The first-order valence-corrected chi connectivity index (χ1v) is 13.9. The number of H-pyrrole nitrogens is 1. The number of ketones is 1. The Bertz CT molecular complexity index is 1370. The van der Waals surface area contributed by atoms with Crippen molar-refractivity contribution in [1.29, 1.82) is 0 Å². The average Bonchev–Trinajstić information content (AvgIpc) is 3.42. The first-order valence-electron chi connectivity index (χ1n) is 13.4. The maximum atomic E-state index is 13.4. The number of fused-ring (bicyclic) bond motifs is 9. The van der Waals surface area contributed by atoms with E-state index in [4.69, 9.17) is 19.9 Å². The van der Waals surface area contributed by atoms with Gasteiger partial charge >= 0.3 is 0 Å². The summed E-state index contributed by atoms with van der Waals surface area (Å²) in [5.41, 5.74) is 6.74. The van der Waals surface area contributed by atoms with E-state index in [1.165, 1.54) is 16.6 Å². The van der Waals surface area contributed by atoms with Gasteiger partial charge in [-0.1, -0.05) is 32.0 Å². The summed E-state index contributed by atoms with van der Waals surface area (Å²) in [6.45, 7) is 8.42. The SMILES string of the molecule is CC1(C)O[C@@]23CC[C@]4(C)[C@@]5(C)c6[nH]c7ccccc7c6C[C@@H]5C[C@H](OCC(N)S)[C@@]4(O)C2=CC(=O)[C@@H]1O3. The van der Waals surface area contributed by atoms with Crippen molar-refractivity contribution in [3.8, 4) is 0 Å². The molecule has 1 aromatic carbocycles. The smallest absolute Gasteiger partial charge is 0.195 e. The third kappa shape index (κ3) is 2.74. The Balaban J connectivity index is 1.44. The predicted molar refractivity (Wildman–Crippen MR) is 142 cm³/mol. The number of carbonyl (C=O) groups excluding carboxylic acids is 1. The lowest BCUT2D eigenvalue weighted by Crippen LogP contribution is -2.75. The number of nitrogens with one attached hydrogen (secondary N) is 1. The fraction of sp³-hybridized carbons (Fsp3) is 0.621. The van der Waals surface area contributed by atoms with Gasteiger partial charge in [0.25, 0.3) is 0 Å². The highest BCUT2D eigenvalue weighted by Gasteiger charge is 2.78. The minimum absolute atomic E-state index is 0.166. The second-order valence-electron chi connectivity index (χ2n) is 12.8. The molecule has 7 nitrogen and oxygen atoms in total. The lowest BCUT2D eigenvalue weighted by Gasteiger charge is -2.67. The highest BCUT2D eigenvalue weighted by Crippen LogP contribution is 2.72. The maximum Gasteiger partial charge on any atom is 0.195 e. The number of para-hydroxylation sites is 1. The summed E-state index contributed by atoms with van der Waals surface area (Å²) >= 11 is 4.35. The number of ether oxygens (including phenoxy) is 3. The zero-order valence-corrected chi connectivity index (χ0v) is 22.7. The molecule has 2 saturated carbocycles. The van der Waals surface area contributed by atoms with Crippen LogP contribution >= 0.6 is 12.6 Å². The topological polar surface area (TPSA) is 107 Å². The summed E-state index contributed by atoms with van der Waals surface area (Å²) in [5, 5.41) is 13.9. The number of aliphatic hydroxyl groups is 1. The molecular formula is C29H36N2O5S. The maximum absolute atomic E-state index is 13.4. The van der Waals surface area contributed by atoms with E-state index in [-0.39, 0.29) is 18.3 Å². The van der Waals surface area contributed by atoms with Crippen LogP contribution in [0.5, 0.6) is 0 Å². The average molecular weight is 525 g/mol. The zero-order chi connectivity index (χ0) is 26.2. The summed E-state index contributed by atoms with van der Waals surface area (Å²) in [5.74, 6) is -1.07. The molecule has 2 aromatic rings. The van der Waals surface area contributed by atoms with Gasteiger partial charge in [-0.3, -0.25) is 4.79 Å². The Morgan fingerprint density at radius 2 is 2.00 bits per heavy atom. The molecule has 3 heterocycles. The second kappa shape index (κ2) is 7.29. The molecule has 7 rings (SSSR count). The summed E-state index contributed by atoms with van der Waals surface area (Å²) in [6, 6.07) is 8.42. The number of aromatic nitrogens is 1. The standard InChI is InChI=1S/C29H36N2O5S/c1-25(2)24-19(32)13-20-28(35-24,36-25)10-9-26(3)27(4)15(12-21(29(20,26)33)34-14-22(30)37)11-17-16-7-5-6-8-18(16)31-23(17)27/h5-8,13,15,21-22,24,31,33,37H,9-12,14,30H2,1-4H3/t15-,21+,22?,24+,26-,27-,28+,29+/m1/s1.